The summed E-state index contributed by atoms with van der Waals surface area (Å²) in [6.07, 6.45) is 86.4. The van der Waals surface area contributed by atoms with E-state index in [2.05, 4.69) is 198 Å². The number of esters is 4. The van der Waals surface area contributed by atoms with E-state index in [9.17, 15) is 43.2 Å². The second-order valence-electron chi connectivity index (χ2n) is 24.8. The van der Waals surface area contributed by atoms with Crippen molar-refractivity contribution < 1.29 is 80.2 Å². The Labute approximate surface area is 616 Å². The molecule has 0 heterocycles. The fraction of sp³-hybridized carbons (Fsp3) is 0.614. The Morgan fingerprint density at radius 2 is 0.510 bits per heavy atom. The van der Waals surface area contributed by atoms with E-state index in [1.165, 1.54) is 25.7 Å². The molecule has 0 aromatic carbocycles. The summed E-state index contributed by atoms with van der Waals surface area (Å²) in [6, 6.07) is 0. The molecule has 0 aromatic rings. The molecule has 0 aliphatic heterocycles. The van der Waals surface area contributed by atoms with Crippen LogP contribution in [0.3, 0.4) is 0 Å². The summed E-state index contributed by atoms with van der Waals surface area (Å²) in [6.45, 7) is 4.34. The summed E-state index contributed by atoms with van der Waals surface area (Å²) in [5.41, 5.74) is 0. The van der Waals surface area contributed by atoms with Gasteiger partial charge < -0.3 is 33.8 Å². The van der Waals surface area contributed by atoms with Gasteiger partial charge in [0.1, 0.15) is 19.3 Å². The van der Waals surface area contributed by atoms with E-state index < -0.39 is 97.5 Å². The highest BCUT2D eigenvalue weighted by Gasteiger charge is 2.30. The minimum atomic E-state index is -5.01. The first-order valence-corrected chi connectivity index (χ1v) is 41.4. The fourth-order valence-electron chi connectivity index (χ4n) is 9.40. The maximum Gasteiger partial charge on any atom is 0.472 e. The van der Waals surface area contributed by atoms with Crippen molar-refractivity contribution >= 4 is 39.5 Å². The molecule has 5 unspecified atom stereocenters. The van der Waals surface area contributed by atoms with Crippen molar-refractivity contribution in [2.45, 2.75) is 290 Å². The number of aliphatic hydroxyl groups is 1. The summed E-state index contributed by atoms with van der Waals surface area (Å²) in [7, 11) is -10.0. The lowest BCUT2D eigenvalue weighted by atomic mass is 10.1. The van der Waals surface area contributed by atoms with Crippen LogP contribution in [-0.2, 0) is 65.4 Å². The van der Waals surface area contributed by atoms with Gasteiger partial charge >= 0.3 is 39.5 Å². The Morgan fingerprint density at radius 3 is 0.824 bits per heavy atom. The summed E-state index contributed by atoms with van der Waals surface area (Å²) in [5.74, 6) is -2.33. The number of unbranched alkanes of at least 4 members (excludes halogenated alkanes) is 16. The molecule has 3 N–H and O–H groups in total. The zero-order valence-corrected chi connectivity index (χ0v) is 64.8. The van der Waals surface area contributed by atoms with Crippen molar-refractivity contribution in [2.75, 3.05) is 39.6 Å². The molecule has 19 heteroatoms. The van der Waals surface area contributed by atoms with Crippen molar-refractivity contribution in [1.82, 2.24) is 0 Å². The topological polar surface area (TPSA) is 237 Å². The van der Waals surface area contributed by atoms with E-state index in [0.717, 1.165) is 161 Å². The van der Waals surface area contributed by atoms with E-state index in [-0.39, 0.29) is 25.7 Å². The molecule has 17 nitrogen and oxygen atoms in total. The van der Waals surface area contributed by atoms with Crippen LogP contribution in [0.25, 0.3) is 0 Å². The molecule has 578 valence electrons. The van der Waals surface area contributed by atoms with Gasteiger partial charge in [-0.15, -0.1) is 0 Å². The van der Waals surface area contributed by atoms with Crippen LogP contribution in [0.5, 0.6) is 0 Å². The Bertz CT molecular complexity index is 2600. The first kappa shape index (κ1) is 96.4. The number of phosphoric ester groups is 2. The van der Waals surface area contributed by atoms with Gasteiger partial charge in [-0.05, 0) is 173 Å². The molecule has 0 aliphatic carbocycles. The number of allylic oxidation sites excluding steroid dienone is 28. The minimum Gasteiger partial charge on any atom is -0.462 e. The molecule has 0 fully saturated rings. The maximum atomic E-state index is 13.1. The predicted molar refractivity (Wildman–Crippen MR) is 417 cm³/mol. The smallest absolute Gasteiger partial charge is 0.462 e. The largest absolute Gasteiger partial charge is 0.472 e. The van der Waals surface area contributed by atoms with Gasteiger partial charge in [0.25, 0.3) is 0 Å². The summed E-state index contributed by atoms with van der Waals surface area (Å²) >= 11 is 0. The Morgan fingerprint density at radius 1 is 0.284 bits per heavy atom. The number of carbonyl (C=O) groups is 4. The molecule has 0 radical (unpaired) electrons. The van der Waals surface area contributed by atoms with Crippen molar-refractivity contribution in [1.29, 1.82) is 0 Å². The van der Waals surface area contributed by atoms with Gasteiger partial charge in [0.15, 0.2) is 12.2 Å². The number of phosphoric acid groups is 2. The molecule has 0 saturated carbocycles. The third-order valence-corrected chi connectivity index (χ3v) is 17.1. The SMILES string of the molecule is CC/C=C\C/C=C\C/C=C\C/C=C\C/C=C\CCCCCC(=O)OCC(COP(=O)(O)OCC(O)COP(=O)(O)OCC(COC(=O)CCCC/C=C\C/C=C\C/C=C\C/C=C\CC)OC(=O)CCCCCCC/C=C\CCCCCC)OC(=O)CCCC/C=C\C/C=C\C/C=C\C/C=C\CC. The molecular formula is C83H134O17P2. The van der Waals surface area contributed by atoms with Crippen molar-refractivity contribution in [2.24, 2.45) is 0 Å². The van der Waals surface area contributed by atoms with Gasteiger partial charge in [-0.1, -0.05) is 243 Å². The maximum absolute atomic E-state index is 13.1. The fourth-order valence-corrected chi connectivity index (χ4v) is 11.0. The van der Waals surface area contributed by atoms with Crippen molar-refractivity contribution in [3.05, 3.63) is 170 Å². The summed E-state index contributed by atoms with van der Waals surface area (Å²) in [5, 5.41) is 10.6. The number of rotatable bonds is 70. The molecule has 102 heavy (non-hydrogen) atoms. The first-order valence-electron chi connectivity index (χ1n) is 38.4. The van der Waals surface area contributed by atoms with Crippen LogP contribution < -0.4 is 0 Å². The zero-order valence-electron chi connectivity index (χ0n) is 63.0. The minimum absolute atomic E-state index is 0.0275. The zero-order chi connectivity index (χ0) is 74.6. The van der Waals surface area contributed by atoms with Crippen LogP contribution in [0.4, 0.5) is 0 Å². The number of hydrogen-bond donors (Lipinski definition) is 3. The van der Waals surface area contributed by atoms with Crippen LogP contribution in [0, 0.1) is 0 Å². The van der Waals surface area contributed by atoms with Crippen LogP contribution in [0.1, 0.15) is 272 Å². The lowest BCUT2D eigenvalue weighted by Gasteiger charge is -2.21. The normalized spacial score (nSPS) is 14.9. The molecular weight excluding hydrogens is 1330 g/mol. The number of aliphatic hydroxyl groups excluding tert-OH is 1. The monoisotopic (exact) mass is 1460 g/mol. The average molecular weight is 1470 g/mol. The van der Waals surface area contributed by atoms with E-state index in [1.54, 1.807) is 0 Å². The summed E-state index contributed by atoms with van der Waals surface area (Å²) < 4.78 is 68.4. The highest BCUT2D eigenvalue weighted by atomic mass is 31.2. The Hall–Kier alpha value is -5.58. The Balaban J connectivity index is 5.47. The van der Waals surface area contributed by atoms with E-state index in [0.29, 0.717) is 32.1 Å². The predicted octanol–water partition coefficient (Wildman–Crippen LogP) is 22.2. The van der Waals surface area contributed by atoms with Gasteiger partial charge in [0.2, 0.25) is 0 Å². The van der Waals surface area contributed by atoms with Crippen molar-refractivity contribution in [3.8, 4) is 0 Å². The molecule has 0 rings (SSSR count). The average Bonchev–Trinajstić information content (AvgIpc) is 0.924. The van der Waals surface area contributed by atoms with Crippen LogP contribution >= 0.6 is 15.6 Å². The van der Waals surface area contributed by atoms with E-state index >= 15 is 0 Å². The Kier molecular flexibility index (Phi) is 69.7. The van der Waals surface area contributed by atoms with Gasteiger partial charge in [-0.2, -0.15) is 0 Å². The first-order chi connectivity index (χ1) is 49.7. The second kappa shape index (κ2) is 73.7. The third-order valence-electron chi connectivity index (χ3n) is 15.2. The van der Waals surface area contributed by atoms with Gasteiger partial charge in [-0.25, -0.2) is 9.13 Å². The van der Waals surface area contributed by atoms with Crippen molar-refractivity contribution in [3.63, 3.8) is 0 Å². The quantitative estimate of drug-likeness (QED) is 0.0169. The van der Waals surface area contributed by atoms with E-state index in [1.807, 2.05) is 0 Å². The van der Waals surface area contributed by atoms with Gasteiger partial charge in [0.05, 0.1) is 26.4 Å². The van der Waals surface area contributed by atoms with Crippen LogP contribution in [0.15, 0.2) is 170 Å². The molecule has 0 bridgehead atoms. The number of hydrogen-bond acceptors (Lipinski definition) is 15. The van der Waals surface area contributed by atoms with Crippen LogP contribution in [0.2, 0.25) is 0 Å². The summed E-state index contributed by atoms with van der Waals surface area (Å²) in [4.78, 5) is 72.9. The lowest BCUT2D eigenvalue weighted by Crippen LogP contribution is -2.30. The molecule has 0 aliphatic rings. The van der Waals surface area contributed by atoms with Gasteiger partial charge in [-0.3, -0.25) is 37.3 Å². The van der Waals surface area contributed by atoms with E-state index in [4.69, 9.17) is 37.0 Å². The number of carbonyl (C=O) groups excluding carboxylic acids is 4. The lowest BCUT2D eigenvalue weighted by molar-refractivity contribution is -0.161. The third kappa shape index (κ3) is 72.8. The molecule has 0 spiro atoms. The van der Waals surface area contributed by atoms with Crippen LogP contribution in [-0.4, -0.2) is 96.7 Å². The highest BCUT2D eigenvalue weighted by molar-refractivity contribution is 7.47. The highest BCUT2D eigenvalue weighted by Crippen LogP contribution is 2.45. The molecule has 0 saturated heterocycles. The standard InChI is InChI=1S/C83H134O17P2/c1-5-9-13-17-21-25-29-33-36-37-38-39-42-45-48-52-56-60-64-68-81(86)94-74-79(100-83(88)70-66-62-58-54-50-46-41-35-31-27-23-19-15-11-7-3)76-98-102(91,92)96-72-77(84)71-95-101(89,90)97-75-78(99-82(87)69-65-61-57-53-49-43-32-28-24-20-16-12-8-4)73-93-80(85)67-63-59-55-51-47-44-40-34-30-26-22-18-14-10-6-2/h9-11,13-15,21-23,25-28,32-36,38-41,45,47-48,50-51,54,77-79,84H,5-8,12,16-20,24,29-31,37,42-44,46,49,52-53,55-76H2,1-4H3,(H,89,90)(H,91,92)/b13-9-,14-10-,15-11-,25-21-,26-22-,27-23-,32-28-,36-33-,39-38-,40-34-,41-35-,48-45-,51-47-,54-50-. The van der Waals surface area contributed by atoms with Gasteiger partial charge in [0, 0.05) is 25.7 Å². The number of ether oxygens (including phenoxy) is 4. The molecule has 0 amide bonds. The molecule has 0 aromatic heterocycles. The second-order valence-corrected chi connectivity index (χ2v) is 27.7. The molecule has 5 atom stereocenters.